The zero-order valence-corrected chi connectivity index (χ0v) is 20.0. The maximum atomic E-state index is 13.8. The number of ether oxygens (including phenoxy) is 1. The summed E-state index contributed by atoms with van der Waals surface area (Å²) in [5.41, 5.74) is -1.11. The Hall–Kier alpha value is -1.71. The Bertz CT molecular complexity index is 774. The SMILES string of the molecule is C=CCN(C)C(=O)[C@H]1[C@H]2C(=O)N(CCO)C(C(=O)N(CC=C)C(C)C)C23CC(Br)[C@@H]1O3. The van der Waals surface area contributed by atoms with Crippen LogP contribution in [-0.2, 0) is 19.1 Å². The number of hydrogen-bond acceptors (Lipinski definition) is 5. The first-order valence-corrected chi connectivity index (χ1v) is 11.6. The van der Waals surface area contributed by atoms with Crippen molar-refractivity contribution in [3.63, 3.8) is 0 Å². The fourth-order valence-corrected chi connectivity index (χ4v) is 6.37. The number of carbonyl (C=O) groups is 3. The summed E-state index contributed by atoms with van der Waals surface area (Å²) in [6, 6.07) is -1.01. The highest BCUT2D eigenvalue weighted by atomic mass is 79.9. The first-order chi connectivity index (χ1) is 14.7. The predicted octanol–water partition coefficient (Wildman–Crippen LogP) is 0.794. The molecule has 3 aliphatic heterocycles. The van der Waals surface area contributed by atoms with Gasteiger partial charge in [0, 0.05) is 37.6 Å². The fourth-order valence-electron chi connectivity index (χ4n) is 5.43. The number of alkyl halides is 1. The molecule has 8 nitrogen and oxygen atoms in total. The minimum atomic E-state index is -1.11. The molecule has 3 rings (SSSR count). The zero-order chi connectivity index (χ0) is 23.1. The van der Waals surface area contributed by atoms with Crippen molar-refractivity contribution in [3.05, 3.63) is 25.3 Å². The second kappa shape index (κ2) is 9.03. The Kier molecular flexibility index (Phi) is 6.98. The van der Waals surface area contributed by atoms with Crippen LogP contribution in [0.2, 0.25) is 0 Å². The van der Waals surface area contributed by atoms with Crippen LogP contribution in [-0.4, -0.2) is 99.4 Å². The van der Waals surface area contributed by atoms with Gasteiger partial charge in [0.25, 0.3) is 0 Å². The third-order valence-corrected chi connectivity index (χ3v) is 7.51. The van der Waals surface area contributed by atoms with E-state index in [1.165, 1.54) is 9.80 Å². The molecule has 3 unspecified atom stereocenters. The first kappa shape index (κ1) is 23.9. The highest BCUT2D eigenvalue weighted by Crippen LogP contribution is 2.60. The Morgan fingerprint density at radius 1 is 1.32 bits per heavy atom. The average Bonchev–Trinajstić information content (AvgIpc) is 3.29. The minimum absolute atomic E-state index is 0.0118. The Labute approximate surface area is 192 Å². The van der Waals surface area contributed by atoms with Crippen molar-refractivity contribution in [1.29, 1.82) is 0 Å². The molecule has 0 aromatic heterocycles. The molecular weight excluding hydrogens is 466 g/mol. The third-order valence-electron chi connectivity index (χ3n) is 6.66. The van der Waals surface area contributed by atoms with Crippen molar-refractivity contribution in [2.45, 2.75) is 48.9 Å². The van der Waals surface area contributed by atoms with Gasteiger partial charge < -0.3 is 24.5 Å². The molecule has 3 amide bonds. The molecular formula is C22H32BrN3O5. The predicted molar refractivity (Wildman–Crippen MR) is 119 cm³/mol. The van der Waals surface area contributed by atoms with Gasteiger partial charge >= 0.3 is 0 Å². The van der Waals surface area contributed by atoms with Crippen LogP contribution < -0.4 is 0 Å². The van der Waals surface area contributed by atoms with E-state index in [-0.39, 0.29) is 41.7 Å². The lowest BCUT2D eigenvalue weighted by Crippen LogP contribution is -2.58. The highest BCUT2D eigenvalue weighted by molar-refractivity contribution is 9.09. The van der Waals surface area contributed by atoms with Gasteiger partial charge in [-0.3, -0.25) is 14.4 Å². The van der Waals surface area contributed by atoms with Gasteiger partial charge in [0.1, 0.15) is 11.6 Å². The number of amides is 3. The quantitative estimate of drug-likeness (QED) is 0.375. The van der Waals surface area contributed by atoms with Crippen LogP contribution in [0, 0.1) is 11.8 Å². The molecule has 2 bridgehead atoms. The summed E-state index contributed by atoms with van der Waals surface area (Å²) < 4.78 is 6.41. The number of fused-ring (bicyclic) bond motifs is 1. The number of likely N-dealkylation sites (N-methyl/N-ethyl adjacent to an activating group) is 1. The summed E-state index contributed by atoms with van der Waals surface area (Å²) in [6.07, 6.45) is 3.23. The van der Waals surface area contributed by atoms with Gasteiger partial charge in [-0.1, -0.05) is 28.1 Å². The van der Waals surface area contributed by atoms with Gasteiger partial charge in [-0.05, 0) is 20.3 Å². The van der Waals surface area contributed by atoms with Crippen LogP contribution in [0.5, 0.6) is 0 Å². The number of rotatable bonds is 9. The second-order valence-electron chi connectivity index (χ2n) is 8.80. The number of nitrogens with zero attached hydrogens (tertiary/aromatic N) is 3. The normalized spacial score (nSPS) is 33.5. The van der Waals surface area contributed by atoms with Gasteiger partial charge in [-0.15, -0.1) is 13.2 Å². The van der Waals surface area contributed by atoms with E-state index < -0.39 is 29.6 Å². The van der Waals surface area contributed by atoms with Crippen LogP contribution >= 0.6 is 15.9 Å². The van der Waals surface area contributed by atoms with Gasteiger partial charge in [0.2, 0.25) is 17.7 Å². The van der Waals surface area contributed by atoms with E-state index in [1.807, 2.05) is 13.8 Å². The lowest BCUT2D eigenvalue weighted by molar-refractivity contribution is -0.149. The summed E-state index contributed by atoms with van der Waals surface area (Å²) in [5, 5.41) is 9.64. The largest absolute Gasteiger partial charge is 0.395 e. The monoisotopic (exact) mass is 497 g/mol. The molecule has 1 spiro atoms. The molecule has 1 N–H and O–H groups in total. The lowest BCUT2D eigenvalue weighted by atomic mass is 9.70. The summed E-state index contributed by atoms with van der Waals surface area (Å²) >= 11 is 3.64. The van der Waals surface area contributed by atoms with Crippen LogP contribution in [0.1, 0.15) is 20.3 Å². The van der Waals surface area contributed by atoms with Crippen molar-refractivity contribution in [2.75, 3.05) is 33.3 Å². The third kappa shape index (κ3) is 3.64. The highest BCUT2D eigenvalue weighted by Gasteiger charge is 2.76. The van der Waals surface area contributed by atoms with Gasteiger partial charge in [0.05, 0.1) is 24.5 Å². The Morgan fingerprint density at radius 3 is 2.52 bits per heavy atom. The molecule has 0 saturated carbocycles. The number of aliphatic hydroxyl groups is 1. The molecule has 9 heteroatoms. The van der Waals surface area contributed by atoms with E-state index in [0.29, 0.717) is 19.5 Å². The molecule has 3 aliphatic rings. The van der Waals surface area contributed by atoms with Crippen molar-refractivity contribution >= 4 is 33.7 Å². The summed E-state index contributed by atoms with van der Waals surface area (Å²) in [5.74, 6) is -2.20. The van der Waals surface area contributed by atoms with E-state index >= 15 is 0 Å². The Morgan fingerprint density at radius 2 is 1.97 bits per heavy atom. The molecule has 0 aromatic carbocycles. The number of aliphatic hydroxyl groups excluding tert-OH is 1. The summed E-state index contributed by atoms with van der Waals surface area (Å²) in [6.45, 7) is 11.7. The maximum absolute atomic E-state index is 13.8. The Balaban J connectivity index is 2.06. The number of halogens is 1. The zero-order valence-electron chi connectivity index (χ0n) is 18.4. The van der Waals surface area contributed by atoms with E-state index in [0.717, 1.165) is 0 Å². The smallest absolute Gasteiger partial charge is 0.248 e. The van der Waals surface area contributed by atoms with Gasteiger partial charge in [-0.25, -0.2) is 0 Å². The minimum Gasteiger partial charge on any atom is -0.395 e. The molecule has 31 heavy (non-hydrogen) atoms. The van der Waals surface area contributed by atoms with E-state index in [2.05, 4.69) is 29.1 Å². The number of carbonyl (C=O) groups excluding carboxylic acids is 3. The van der Waals surface area contributed by atoms with Crippen LogP contribution in [0.15, 0.2) is 25.3 Å². The maximum Gasteiger partial charge on any atom is 0.248 e. The van der Waals surface area contributed by atoms with Crippen molar-refractivity contribution in [2.24, 2.45) is 11.8 Å². The first-order valence-electron chi connectivity index (χ1n) is 10.7. The molecule has 3 fully saturated rings. The standard InChI is InChI=1S/C22H32BrN3O5/c1-6-8-24(5)19(28)15-16-20(29)26(10-11-27)18(21(30)25(9-7-2)13(3)4)22(16)12-14(23)17(15)31-22/h6-7,13-18,27H,1-2,8-12H2,3-5H3/t14?,15-,16-,17-,18?,22?/m0/s1. The van der Waals surface area contributed by atoms with Crippen LogP contribution in [0.25, 0.3) is 0 Å². The van der Waals surface area contributed by atoms with Crippen molar-refractivity contribution < 1.29 is 24.2 Å². The van der Waals surface area contributed by atoms with E-state index in [1.54, 1.807) is 24.1 Å². The van der Waals surface area contributed by atoms with E-state index in [4.69, 9.17) is 4.74 Å². The van der Waals surface area contributed by atoms with Crippen LogP contribution in [0.4, 0.5) is 0 Å². The number of likely N-dealkylation sites (tertiary alicyclic amines) is 1. The number of β-amino-alcohol motifs (C(OH)–C–C–N with tert-alkyl or cyclic N) is 1. The molecule has 0 aromatic rings. The second-order valence-corrected chi connectivity index (χ2v) is 9.98. The van der Waals surface area contributed by atoms with Crippen LogP contribution in [0.3, 0.4) is 0 Å². The molecule has 0 radical (unpaired) electrons. The molecule has 3 heterocycles. The van der Waals surface area contributed by atoms with Crippen molar-refractivity contribution in [1.82, 2.24) is 14.7 Å². The molecule has 0 aliphatic carbocycles. The summed E-state index contributed by atoms with van der Waals surface area (Å²) in [7, 11) is 1.67. The van der Waals surface area contributed by atoms with Gasteiger partial charge in [-0.2, -0.15) is 0 Å². The summed E-state index contributed by atoms with van der Waals surface area (Å²) in [4.78, 5) is 45.1. The lowest BCUT2D eigenvalue weighted by Gasteiger charge is -2.38. The molecule has 3 saturated heterocycles. The van der Waals surface area contributed by atoms with Crippen molar-refractivity contribution in [3.8, 4) is 0 Å². The molecule has 172 valence electrons. The molecule has 6 atom stereocenters. The van der Waals surface area contributed by atoms with E-state index in [9.17, 15) is 19.5 Å². The topological polar surface area (TPSA) is 90.4 Å². The fraction of sp³-hybridized carbons (Fsp3) is 0.682. The average molecular weight is 498 g/mol. The number of hydrogen-bond donors (Lipinski definition) is 1. The van der Waals surface area contributed by atoms with Gasteiger partial charge in [0.15, 0.2) is 0 Å².